The first kappa shape index (κ1) is 19.1. The second-order valence-electron chi connectivity index (χ2n) is 7.73. The van der Waals surface area contributed by atoms with Crippen LogP contribution in [0.4, 0.5) is 11.5 Å². The molecule has 0 aliphatic carbocycles. The number of hydrogen-bond donors (Lipinski definition) is 0. The van der Waals surface area contributed by atoms with Gasteiger partial charge in [0.25, 0.3) is 0 Å². The molecule has 0 amide bonds. The fourth-order valence-electron chi connectivity index (χ4n) is 4.76. The lowest BCUT2D eigenvalue weighted by Crippen LogP contribution is -2.20. The largest absolute Gasteiger partial charge is 0.294 e. The van der Waals surface area contributed by atoms with Gasteiger partial charge in [0.1, 0.15) is 5.82 Å². The van der Waals surface area contributed by atoms with Crippen molar-refractivity contribution in [3.63, 3.8) is 0 Å². The highest BCUT2D eigenvalue weighted by atomic mass is 15.2. The van der Waals surface area contributed by atoms with Crippen molar-refractivity contribution in [3.05, 3.63) is 109 Å². The van der Waals surface area contributed by atoms with Crippen LogP contribution < -0.4 is 4.90 Å². The molecule has 31 heavy (non-hydrogen) atoms. The van der Waals surface area contributed by atoms with Gasteiger partial charge in [-0.2, -0.15) is 0 Å². The third-order valence-electron chi connectivity index (χ3n) is 6.08. The van der Waals surface area contributed by atoms with E-state index in [0.717, 1.165) is 28.3 Å². The number of anilines is 2. The number of allylic oxidation sites excluding steroid dienone is 2. The predicted molar refractivity (Wildman–Crippen MR) is 134 cm³/mol. The zero-order chi connectivity index (χ0) is 21.5. The summed E-state index contributed by atoms with van der Waals surface area (Å²) >= 11 is 0. The number of benzene rings is 3. The second-order valence-corrected chi connectivity index (χ2v) is 7.73. The van der Waals surface area contributed by atoms with Gasteiger partial charge in [-0.15, -0.1) is 0 Å². The van der Waals surface area contributed by atoms with Crippen LogP contribution >= 0.6 is 0 Å². The average Bonchev–Trinajstić information content (AvgIpc) is 2.81. The fourth-order valence-corrected chi connectivity index (χ4v) is 4.76. The maximum atomic E-state index is 4.77. The van der Waals surface area contributed by atoms with Crippen molar-refractivity contribution in [2.75, 3.05) is 4.90 Å². The van der Waals surface area contributed by atoms with E-state index in [4.69, 9.17) is 4.98 Å². The Hall–Kier alpha value is -3.91. The van der Waals surface area contributed by atoms with E-state index in [0.29, 0.717) is 0 Å². The number of hydrogen-bond acceptors (Lipinski definition) is 2. The van der Waals surface area contributed by atoms with Gasteiger partial charge in [-0.1, -0.05) is 61.7 Å². The SMILES string of the molecule is C=C/C(=C\C)N1c2ncccc2-c2cc(C)c(-c3ccccc3C=C)c3cccc1c23. The third-order valence-corrected chi connectivity index (χ3v) is 6.08. The van der Waals surface area contributed by atoms with Crippen molar-refractivity contribution in [2.24, 2.45) is 0 Å². The molecular formula is C29H24N2. The summed E-state index contributed by atoms with van der Waals surface area (Å²) in [5.74, 6) is 0.939. The summed E-state index contributed by atoms with van der Waals surface area (Å²) in [6.45, 7) is 12.3. The second kappa shape index (κ2) is 7.41. The van der Waals surface area contributed by atoms with E-state index in [2.05, 4.69) is 85.7 Å². The van der Waals surface area contributed by atoms with Gasteiger partial charge in [0.15, 0.2) is 0 Å². The van der Waals surface area contributed by atoms with E-state index in [9.17, 15) is 0 Å². The highest BCUT2D eigenvalue weighted by Gasteiger charge is 2.28. The molecule has 150 valence electrons. The molecular weight excluding hydrogens is 376 g/mol. The van der Waals surface area contributed by atoms with Gasteiger partial charge >= 0.3 is 0 Å². The normalized spacial score (nSPS) is 12.6. The van der Waals surface area contributed by atoms with Crippen LogP contribution in [0.3, 0.4) is 0 Å². The first-order chi connectivity index (χ1) is 15.2. The maximum absolute atomic E-state index is 4.77. The summed E-state index contributed by atoms with van der Waals surface area (Å²) < 4.78 is 0. The Morgan fingerprint density at radius 1 is 0.935 bits per heavy atom. The van der Waals surface area contributed by atoms with Crippen LogP contribution in [0, 0.1) is 6.92 Å². The van der Waals surface area contributed by atoms with E-state index in [-0.39, 0.29) is 0 Å². The van der Waals surface area contributed by atoms with Gasteiger partial charge < -0.3 is 0 Å². The van der Waals surface area contributed by atoms with Crippen molar-refractivity contribution in [1.29, 1.82) is 0 Å². The third kappa shape index (κ3) is 2.76. The minimum Gasteiger partial charge on any atom is -0.294 e. The smallest absolute Gasteiger partial charge is 0.145 e. The molecule has 0 unspecified atom stereocenters. The molecule has 1 aromatic heterocycles. The van der Waals surface area contributed by atoms with Crippen molar-refractivity contribution < 1.29 is 0 Å². The lowest BCUT2D eigenvalue weighted by atomic mass is 9.84. The van der Waals surface area contributed by atoms with Crippen molar-refractivity contribution in [3.8, 4) is 22.3 Å². The molecule has 4 aromatic rings. The molecule has 0 bridgehead atoms. The fraction of sp³-hybridized carbons (Fsp3) is 0.0690. The molecule has 2 heterocycles. The zero-order valence-electron chi connectivity index (χ0n) is 17.9. The minimum atomic E-state index is 0.939. The van der Waals surface area contributed by atoms with Gasteiger partial charge in [0.05, 0.1) is 5.69 Å². The number of rotatable bonds is 4. The molecule has 1 aliphatic heterocycles. The van der Waals surface area contributed by atoms with Crippen molar-refractivity contribution in [1.82, 2.24) is 4.98 Å². The van der Waals surface area contributed by atoms with E-state index >= 15 is 0 Å². The summed E-state index contributed by atoms with van der Waals surface area (Å²) in [4.78, 5) is 6.98. The summed E-state index contributed by atoms with van der Waals surface area (Å²) in [6.07, 6.45) is 7.77. The molecule has 0 N–H and O–H groups in total. The topological polar surface area (TPSA) is 16.1 Å². The number of fused-ring (bicyclic) bond motifs is 2. The van der Waals surface area contributed by atoms with Gasteiger partial charge in [-0.3, -0.25) is 4.90 Å². The Kier molecular flexibility index (Phi) is 4.56. The summed E-state index contributed by atoms with van der Waals surface area (Å²) in [7, 11) is 0. The molecule has 0 fully saturated rings. The van der Waals surface area contributed by atoms with Crippen LogP contribution in [0.5, 0.6) is 0 Å². The van der Waals surface area contributed by atoms with E-state index in [1.807, 2.05) is 31.3 Å². The van der Waals surface area contributed by atoms with Gasteiger partial charge in [0, 0.05) is 22.8 Å². The van der Waals surface area contributed by atoms with Gasteiger partial charge in [0.2, 0.25) is 0 Å². The molecule has 0 saturated heterocycles. The van der Waals surface area contributed by atoms with Crippen LogP contribution in [-0.2, 0) is 0 Å². The molecule has 3 aromatic carbocycles. The van der Waals surface area contributed by atoms with Crippen molar-refractivity contribution >= 4 is 28.4 Å². The average molecular weight is 401 g/mol. The summed E-state index contributed by atoms with van der Waals surface area (Å²) in [5, 5.41) is 2.48. The number of aryl methyl sites for hydroxylation is 1. The molecule has 2 heteroatoms. The number of pyridine rings is 1. The first-order valence-corrected chi connectivity index (χ1v) is 10.5. The zero-order valence-corrected chi connectivity index (χ0v) is 17.9. The summed E-state index contributed by atoms with van der Waals surface area (Å²) in [5.41, 5.74) is 9.35. The molecule has 5 rings (SSSR count). The number of nitrogens with zero attached hydrogens (tertiary/aromatic N) is 2. The monoisotopic (exact) mass is 400 g/mol. The molecule has 0 spiro atoms. The van der Waals surface area contributed by atoms with Crippen LogP contribution in [0.25, 0.3) is 39.1 Å². The summed E-state index contributed by atoms with van der Waals surface area (Å²) in [6, 6.07) is 21.5. The molecule has 2 nitrogen and oxygen atoms in total. The van der Waals surface area contributed by atoms with E-state index in [1.54, 1.807) is 0 Å². The first-order valence-electron chi connectivity index (χ1n) is 10.5. The quantitative estimate of drug-likeness (QED) is 0.322. The Morgan fingerprint density at radius 3 is 2.52 bits per heavy atom. The van der Waals surface area contributed by atoms with Crippen LogP contribution in [0.1, 0.15) is 18.1 Å². The highest BCUT2D eigenvalue weighted by Crippen LogP contribution is 2.51. The molecule has 0 saturated carbocycles. The maximum Gasteiger partial charge on any atom is 0.145 e. The van der Waals surface area contributed by atoms with E-state index in [1.165, 1.54) is 33.0 Å². The lowest BCUT2D eigenvalue weighted by molar-refractivity contribution is 1.13. The van der Waals surface area contributed by atoms with E-state index < -0.39 is 0 Å². The van der Waals surface area contributed by atoms with Crippen LogP contribution in [0.2, 0.25) is 0 Å². The standard InChI is InChI=1S/C29H24N2/c1-5-20-12-8-9-13-22(20)27-19(4)18-25-23-15-11-17-30-29(23)31(21(6-2)7-3)26-16-10-14-24(27)28(25)26/h5-18H,1-2H2,3-4H3/b21-7+. The predicted octanol–water partition coefficient (Wildman–Crippen LogP) is 8.06. The number of aromatic nitrogens is 1. The lowest BCUT2D eigenvalue weighted by Gasteiger charge is -2.33. The Morgan fingerprint density at radius 2 is 1.74 bits per heavy atom. The van der Waals surface area contributed by atoms with Crippen molar-refractivity contribution in [2.45, 2.75) is 13.8 Å². The van der Waals surface area contributed by atoms with Gasteiger partial charge in [-0.05, 0) is 77.4 Å². The molecule has 0 atom stereocenters. The molecule has 0 radical (unpaired) electrons. The Labute approximate surface area is 183 Å². The highest BCUT2D eigenvalue weighted by molar-refractivity contribution is 6.17. The molecule has 1 aliphatic rings. The minimum absolute atomic E-state index is 0.939. The van der Waals surface area contributed by atoms with Crippen LogP contribution in [-0.4, -0.2) is 4.98 Å². The Balaban J connectivity index is 1.96. The van der Waals surface area contributed by atoms with Gasteiger partial charge in [-0.25, -0.2) is 4.98 Å². The Bertz CT molecular complexity index is 1390. The van der Waals surface area contributed by atoms with Crippen LogP contribution in [0.15, 0.2) is 97.9 Å².